The van der Waals surface area contributed by atoms with E-state index in [0.717, 1.165) is 3.92 Å². The lowest BCUT2D eigenvalue weighted by molar-refractivity contribution is 0.692. The van der Waals surface area contributed by atoms with Crippen molar-refractivity contribution >= 4 is 22.6 Å². The first-order valence-electron chi connectivity index (χ1n) is 4.88. The highest BCUT2D eigenvalue weighted by molar-refractivity contribution is 14.1. The average molecular weight is 294 g/mol. The molecule has 1 heterocycles. The Hall–Kier alpha value is -0.0600. The fourth-order valence-corrected chi connectivity index (χ4v) is 2.23. The topological polar surface area (TPSA) is 28.7 Å². The Morgan fingerprint density at radius 2 is 1.92 bits per heavy atom. The molecule has 0 spiro atoms. The van der Waals surface area contributed by atoms with Gasteiger partial charge in [0.05, 0.1) is 6.33 Å². The van der Waals surface area contributed by atoms with Crippen LogP contribution >= 0.6 is 22.6 Å². The third kappa shape index (κ3) is 9.86. The molecular formula is C10H19IN2. The molecule has 0 aliphatic rings. The number of nitrogens with zero attached hydrogens (tertiary/aromatic N) is 1. The molecule has 1 rings (SSSR count). The Bertz CT molecular complexity index is 140. The Labute approximate surface area is 94.7 Å². The molecule has 1 aromatic rings. The summed E-state index contributed by atoms with van der Waals surface area (Å²) in [5, 5.41) is 0. The van der Waals surface area contributed by atoms with Gasteiger partial charge in [0, 0.05) is 16.3 Å². The standard InChI is InChI=1S/C7H15I.C3H4N2/c1-3-5-7(8)6-4-2;1-2-5-3-4-1/h7H,3-6H2,1-2H3;1-3H,(H,4,5). The smallest absolute Gasteiger partial charge is 0.0919 e. The van der Waals surface area contributed by atoms with Crippen molar-refractivity contribution in [3.8, 4) is 0 Å². The van der Waals surface area contributed by atoms with Gasteiger partial charge in [0.1, 0.15) is 0 Å². The first-order chi connectivity index (χ1) is 6.31. The van der Waals surface area contributed by atoms with Crippen LogP contribution in [-0.4, -0.2) is 13.9 Å². The summed E-state index contributed by atoms with van der Waals surface area (Å²) in [4.78, 5) is 6.42. The number of aromatic amines is 1. The summed E-state index contributed by atoms with van der Waals surface area (Å²) in [5.41, 5.74) is 0. The number of rotatable bonds is 4. The van der Waals surface area contributed by atoms with Crippen LogP contribution in [0.15, 0.2) is 18.7 Å². The molecular weight excluding hydrogens is 275 g/mol. The molecule has 3 heteroatoms. The van der Waals surface area contributed by atoms with Crippen LogP contribution in [0.4, 0.5) is 0 Å². The summed E-state index contributed by atoms with van der Waals surface area (Å²) >= 11 is 2.54. The number of hydrogen-bond acceptors (Lipinski definition) is 1. The van der Waals surface area contributed by atoms with Crippen molar-refractivity contribution in [3.05, 3.63) is 18.7 Å². The average Bonchev–Trinajstić information content (AvgIpc) is 2.61. The van der Waals surface area contributed by atoms with Gasteiger partial charge in [-0.1, -0.05) is 49.3 Å². The van der Waals surface area contributed by atoms with Crippen LogP contribution in [0.25, 0.3) is 0 Å². The SMILES string of the molecule is CCCC(I)CCC.c1c[nH]cn1. The molecule has 2 nitrogen and oxygen atoms in total. The molecule has 0 saturated carbocycles. The van der Waals surface area contributed by atoms with Crippen LogP contribution in [0.3, 0.4) is 0 Å². The fourth-order valence-electron chi connectivity index (χ4n) is 0.986. The third-order valence-electron chi connectivity index (χ3n) is 1.61. The van der Waals surface area contributed by atoms with Crippen molar-refractivity contribution in [3.63, 3.8) is 0 Å². The van der Waals surface area contributed by atoms with Gasteiger partial charge in [-0.05, 0) is 12.8 Å². The predicted molar refractivity (Wildman–Crippen MR) is 66.2 cm³/mol. The molecule has 0 aliphatic carbocycles. The lowest BCUT2D eigenvalue weighted by atomic mass is 10.2. The molecule has 1 aromatic heterocycles. The second kappa shape index (κ2) is 10.0. The van der Waals surface area contributed by atoms with E-state index in [1.54, 1.807) is 18.7 Å². The van der Waals surface area contributed by atoms with E-state index in [4.69, 9.17) is 0 Å². The maximum Gasteiger partial charge on any atom is 0.0919 e. The Morgan fingerprint density at radius 3 is 2.15 bits per heavy atom. The molecule has 0 bridgehead atoms. The van der Waals surface area contributed by atoms with Crippen molar-refractivity contribution in [1.82, 2.24) is 9.97 Å². The lowest BCUT2D eigenvalue weighted by Crippen LogP contribution is -1.93. The van der Waals surface area contributed by atoms with E-state index in [9.17, 15) is 0 Å². The molecule has 0 radical (unpaired) electrons. The van der Waals surface area contributed by atoms with Crippen molar-refractivity contribution in [2.45, 2.75) is 43.5 Å². The van der Waals surface area contributed by atoms with Gasteiger partial charge in [0.25, 0.3) is 0 Å². The normalized spacial score (nSPS) is 9.54. The maximum atomic E-state index is 3.67. The van der Waals surface area contributed by atoms with E-state index in [2.05, 4.69) is 46.4 Å². The van der Waals surface area contributed by atoms with E-state index in [1.165, 1.54) is 25.7 Å². The number of aromatic nitrogens is 2. The van der Waals surface area contributed by atoms with Crippen molar-refractivity contribution in [1.29, 1.82) is 0 Å². The van der Waals surface area contributed by atoms with Gasteiger partial charge in [-0.25, -0.2) is 4.98 Å². The van der Waals surface area contributed by atoms with Crippen LogP contribution in [-0.2, 0) is 0 Å². The van der Waals surface area contributed by atoms with Crippen molar-refractivity contribution in [2.24, 2.45) is 0 Å². The highest BCUT2D eigenvalue weighted by Gasteiger charge is 1.97. The van der Waals surface area contributed by atoms with Gasteiger partial charge in [-0.15, -0.1) is 0 Å². The Morgan fingerprint density at radius 1 is 1.31 bits per heavy atom. The summed E-state index contributed by atoms with van der Waals surface area (Å²) in [6.45, 7) is 4.50. The largest absolute Gasteiger partial charge is 0.351 e. The predicted octanol–water partition coefficient (Wildman–Crippen LogP) is 3.80. The molecule has 0 saturated heterocycles. The molecule has 0 aromatic carbocycles. The van der Waals surface area contributed by atoms with Gasteiger partial charge in [0.15, 0.2) is 0 Å². The second-order valence-electron chi connectivity index (χ2n) is 2.94. The molecule has 0 aliphatic heterocycles. The van der Waals surface area contributed by atoms with Crippen LogP contribution in [0.1, 0.15) is 39.5 Å². The Balaban J connectivity index is 0.000000243. The number of nitrogens with one attached hydrogen (secondary N) is 1. The molecule has 1 N–H and O–H groups in total. The number of hydrogen-bond donors (Lipinski definition) is 1. The number of alkyl halides is 1. The van der Waals surface area contributed by atoms with E-state index in [-0.39, 0.29) is 0 Å². The van der Waals surface area contributed by atoms with Crippen LogP contribution in [0.2, 0.25) is 0 Å². The zero-order valence-electron chi connectivity index (χ0n) is 8.46. The van der Waals surface area contributed by atoms with Crippen molar-refractivity contribution < 1.29 is 0 Å². The summed E-state index contributed by atoms with van der Waals surface area (Å²) in [6, 6.07) is 0. The summed E-state index contributed by atoms with van der Waals surface area (Å²) in [7, 11) is 0. The highest BCUT2D eigenvalue weighted by atomic mass is 127. The van der Waals surface area contributed by atoms with Gasteiger partial charge in [-0.3, -0.25) is 0 Å². The maximum absolute atomic E-state index is 3.67. The zero-order chi connectivity index (χ0) is 9.94. The van der Waals surface area contributed by atoms with Gasteiger partial charge in [0.2, 0.25) is 0 Å². The number of halogens is 1. The summed E-state index contributed by atoms with van der Waals surface area (Å²) < 4.78 is 0.933. The molecule has 13 heavy (non-hydrogen) atoms. The fraction of sp³-hybridized carbons (Fsp3) is 0.700. The van der Waals surface area contributed by atoms with E-state index in [0.29, 0.717) is 0 Å². The second-order valence-corrected chi connectivity index (χ2v) is 4.70. The van der Waals surface area contributed by atoms with Gasteiger partial charge < -0.3 is 4.98 Å². The van der Waals surface area contributed by atoms with Crippen LogP contribution in [0.5, 0.6) is 0 Å². The number of H-pyrrole nitrogens is 1. The van der Waals surface area contributed by atoms with Crippen LogP contribution in [0, 0.1) is 0 Å². The minimum atomic E-state index is 0.933. The lowest BCUT2D eigenvalue weighted by Gasteiger charge is -2.03. The summed E-state index contributed by atoms with van der Waals surface area (Å²) in [5.74, 6) is 0. The molecule has 0 amide bonds. The van der Waals surface area contributed by atoms with E-state index < -0.39 is 0 Å². The quantitative estimate of drug-likeness (QED) is 0.664. The first kappa shape index (κ1) is 12.9. The zero-order valence-corrected chi connectivity index (χ0v) is 10.6. The molecule has 0 unspecified atom stereocenters. The number of imidazole rings is 1. The molecule has 0 atom stereocenters. The molecule has 76 valence electrons. The summed E-state index contributed by atoms with van der Waals surface area (Å²) in [6.07, 6.45) is 10.6. The van der Waals surface area contributed by atoms with E-state index >= 15 is 0 Å². The third-order valence-corrected chi connectivity index (χ3v) is 2.86. The van der Waals surface area contributed by atoms with Gasteiger partial charge >= 0.3 is 0 Å². The minimum absolute atomic E-state index is 0.933. The van der Waals surface area contributed by atoms with Gasteiger partial charge in [-0.2, -0.15) is 0 Å². The molecule has 0 fully saturated rings. The van der Waals surface area contributed by atoms with E-state index in [1.807, 2.05) is 0 Å². The Kier molecular flexibility index (Phi) is 9.98. The monoisotopic (exact) mass is 294 g/mol. The highest BCUT2D eigenvalue weighted by Crippen LogP contribution is 2.13. The van der Waals surface area contributed by atoms with Crippen LogP contribution < -0.4 is 0 Å². The first-order valence-corrected chi connectivity index (χ1v) is 6.12. The minimum Gasteiger partial charge on any atom is -0.351 e. The van der Waals surface area contributed by atoms with Crippen molar-refractivity contribution in [2.75, 3.05) is 0 Å².